The van der Waals surface area contributed by atoms with E-state index in [0.29, 0.717) is 10.0 Å². The van der Waals surface area contributed by atoms with Gasteiger partial charge in [-0.15, -0.1) is 0 Å². The number of carbonyl (C=O) groups excluding carboxylic acids is 1. The topological polar surface area (TPSA) is 43.1 Å². The predicted molar refractivity (Wildman–Crippen MR) is 59.3 cm³/mol. The molecule has 0 heterocycles. The highest BCUT2D eigenvalue weighted by atomic mass is 35.5. The van der Waals surface area contributed by atoms with Crippen LogP contribution in [-0.4, -0.2) is 5.91 Å². The first-order valence-corrected chi connectivity index (χ1v) is 4.75. The molecule has 0 atom stereocenters. The average Bonchev–Trinajstić information content (AvgIpc) is 2.12. The Hall–Kier alpha value is -0.990. The summed E-state index contributed by atoms with van der Waals surface area (Å²) in [6.45, 7) is 0. The van der Waals surface area contributed by atoms with Gasteiger partial charge < -0.3 is 5.73 Å². The Morgan fingerprint density at radius 2 is 2.14 bits per heavy atom. The van der Waals surface area contributed by atoms with Gasteiger partial charge >= 0.3 is 0 Å². The molecule has 2 nitrogen and oxygen atoms in total. The highest BCUT2D eigenvalue weighted by Gasteiger charge is 2.00. The summed E-state index contributed by atoms with van der Waals surface area (Å²) >= 11 is 11.7. The number of nitrogens with two attached hydrogens (primary N) is 1. The lowest BCUT2D eigenvalue weighted by Gasteiger charge is -1.99. The molecule has 1 rings (SSSR count). The summed E-state index contributed by atoms with van der Waals surface area (Å²) in [6.07, 6.45) is 3.57. The number of benzene rings is 1. The molecule has 0 aliphatic carbocycles. The summed E-state index contributed by atoms with van der Waals surface area (Å²) < 4.78 is 0. The number of hydrogen-bond donors (Lipinski definition) is 1. The van der Waals surface area contributed by atoms with Gasteiger partial charge in [-0.1, -0.05) is 47.5 Å². The number of rotatable bonds is 3. The Kier molecular flexibility index (Phi) is 3.98. The van der Waals surface area contributed by atoms with E-state index in [1.165, 1.54) is 0 Å². The minimum Gasteiger partial charge on any atom is -0.369 e. The standard InChI is InChI=1S/C10H9Cl2NO/c11-8-5-1-3-7(10(8)12)4-2-6-9(13)14/h1-5H,6H2,(H2,13,14). The van der Waals surface area contributed by atoms with Gasteiger partial charge in [0.15, 0.2) is 0 Å². The lowest BCUT2D eigenvalue weighted by atomic mass is 10.2. The first-order chi connectivity index (χ1) is 6.61. The summed E-state index contributed by atoms with van der Waals surface area (Å²) in [7, 11) is 0. The monoisotopic (exact) mass is 229 g/mol. The molecule has 0 aromatic heterocycles. The number of hydrogen-bond acceptors (Lipinski definition) is 1. The maximum atomic E-state index is 10.5. The lowest BCUT2D eigenvalue weighted by Crippen LogP contribution is -2.07. The number of carbonyl (C=O) groups is 1. The van der Waals surface area contributed by atoms with E-state index in [9.17, 15) is 4.79 Å². The van der Waals surface area contributed by atoms with Crippen LogP contribution < -0.4 is 5.73 Å². The van der Waals surface area contributed by atoms with Gasteiger partial charge in [0.25, 0.3) is 0 Å². The van der Waals surface area contributed by atoms with Crippen molar-refractivity contribution in [1.82, 2.24) is 0 Å². The third-order valence-corrected chi connectivity index (χ3v) is 2.43. The molecular weight excluding hydrogens is 221 g/mol. The van der Waals surface area contributed by atoms with Crippen LogP contribution in [0.15, 0.2) is 24.3 Å². The third kappa shape index (κ3) is 3.05. The van der Waals surface area contributed by atoms with E-state index in [0.717, 1.165) is 5.56 Å². The van der Waals surface area contributed by atoms with E-state index in [1.807, 2.05) is 6.07 Å². The van der Waals surface area contributed by atoms with Crippen LogP contribution >= 0.6 is 23.2 Å². The molecule has 0 radical (unpaired) electrons. The highest BCUT2D eigenvalue weighted by molar-refractivity contribution is 6.42. The van der Waals surface area contributed by atoms with Crippen LogP contribution in [-0.2, 0) is 4.79 Å². The van der Waals surface area contributed by atoms with Gasteiger partial charge in [-0.2, -0.15) is 0 Å². The van der Waals surface area contributed by atoms with E-state index in [-0.39, 0.29) is 12.3 Å². The highest BCUT2D eigenvalue weighted by Crippen LogP contribution is 2.26. The zero-order valence-corrected chi connectivity index (χ0v) is 8.85. The molecule has 4 heteroatoms. The summed E-state index contributed by atoms with van der Waals surface area (Å²) in [6, 6.07) is 5.30. The van der Waals surface area contributed by atoms with Crippen molar-refractivity contribution in [2.24, 2.45) is 5.73 Å². The van der Waals surface area contributed by atoms with E-state index in [2.05, 4.69) is 0 Å². The van der Waals surface area contributed by atoms with Gasteiger partial charge in [-0.3, -0.25) is 4.79 Å². The number of primary amides is 1. The number of amides is 1. The van der Waals surface area contributed by atoms with Gasteiger partial charge in [0.2, 0.25) is 5.91 Å². The Morgan fingerprint density at radius 3 is 2.79 bits per heavy atom. The fourth-order valence-electron chi connectivity index (χ4n) is 0.951. The molecule has 1 aromatic rings. The maximum Gasteiger partial charge on any atom is 0.221 e. The molecule has 0 spiro atoms. The van der Waals surface area contributed by atoms with Crippen LogP contribution in [0.3, 0.4) is 0 Å². The van der Waals surface area contributed by atoms with Crippen molar-refractivity contribution in [3.05, 3.63) is 39.9 Å². The van der Waals surface area contributed by atoms with Crippen LogP contribution in [0.4, 0.5) is 0 Å². The minimum atomic E-state index is -0.376. The first-order valence-electron chi connectivity index (χ1n) is 4.00. The third-order valence-electron chi connectivity index (χ3n) is 1.60. The largest absolute Gasteiger partial charge is 0.369 e. The van der Waals surface area contributed by atoms with Crippen LogP contribution in [0.25, 0.3) is 6.08 Å². The van der Waals surface area contributed by atoms with E-state index < -0.39 is 0 Å². The second kappa shape index (κ2) is 5.03. The maximum absolute atomic E-state index is 10.5. The molecule has 0 fully saturated rings. The van der Waals surface area contributed by atoms with Gasteiger partial charge in [0, 0.05) is 6.42 Å². The predicted octanol–water partition coefficient (Wildman–Crippen LogP) is 2.88. The molecule has 0 unspecified atom stereocenters. The quantitative estimate of drug-likeness (QED) is 0.852. The van der Waals surface area contributed by atoms with Crippen LogP contribution in [0.2, 0.25) is 10.0 Å². The van der Waals surface area contributed by atoms with E-state index in [4.69, 9.17) is 28.9 Å². The summed E-state index contributed by atoms with van der Waals surface area (Å²) in [4.78, 5) is 10.5. The normalized spacial score (nSPS) is 10.7. The fraction of sp³-hybridized carbons (Fsp3) is 0.100. The molecular formula is C10H9Cl2NO. The van der Waals surface area contributed by atoms with Crippen molar-refractivity contribution in [2.75, 3.05) is 0 Å². The Morgan fingerprint density at radius 1 is 1.43 bits per heavy atom. The van der Waals surface area contributed by atoms with Crippen molar-refractivity contribution >= 4 is 35.2 Å². The Labute approximate surface area is 92.3 Å². The van der Waals surface area contributed by atoms with Crippen LogP contribution in [0.5, 0.6) is 0 Å². The van der Waals surface area contributed by atoms with E-state index >= 15 is 0 Å². The SMILES string of the molecule is NC(=O)CC=Cc1cccc(Cl)c1Cl. The van der Waals surface area contributed by atoms with Crippen molar-refractivity contribution in [2.45, 2.75) is 6.42 Å². The molecule has 14 heavy (non-hydrogen) atoms. The molecule has 0 bridgehead atoms. The second-order valence-corrected chi connectivity index (χ2v) is 3.50. The Bertz CT molecular complexity index is 374. The summed E-state index contributed by atoms with van der Waals surface area (Å²) in [5, 5.41) is 0.975. The molecule has 2 N–H and O–H groups in total. The lowest BCUT2D eigenvalue weighted by molar-refractivity contribution is -0.117. The van der Waals surface area contributed by atoms with Gasteiger partial charge in [0.1, 0.15) is 0 Å². The molecule has 0 aliphatic rings. The van der Waals surface area contributed by atoms with Crippen LogP contribution in [0.1, 0.15) is 12.0 Å². The number of halogens is 2. The summed E-state index contributed by atoms with van der Waals surface area (Å²) in [5.41, 5.74) is 5.75. The van der Waals surface area contributed by atoms with Crippen molar-refractivity contribution < 1.29 is 4.79 Å². The molecule has 0 saturated heterocycles. The van der Waals surface area contributed by atoms with Crippen LogP contribution in [0, 0.1) is 0 Å². The molecule has 1 aromatic carbocycles. The van der Waals surface area contributed by atoms with Crippen molar-refractivity contribution in [3.8, 4) is 0 Å². The van der Waals surface area contributed by atoms with Crippen molar-refractivity contribution in [3.63, 3.8) is 0 Å². The second-order valence-electron chi connectivity index (χ2n) is 2.72. The first kappa shape index (κ1) is 11.1. The van der Waals surface area contributed by atoms with Gasteiger partial charge in [0.05, 0.1) is 10.0 Å². The smallest absolute Gasteiger partial charge is 0.221 e. The minimum absolute atomic E-state index is 0.197. The zero-order valence-electron chi connectivity index (χ0n) is 7.34. The molecule has 0 aliphatic heterocycles. The molecule has 1 amide bonds. The van der Waals surface area contributed by atoms with Crippen molar-refractivity contribution in [1.29, 1.82) is 0 Å². The fourth-order valence-corrected chi connectivity index (χ4v) is 1.32. The average molecular weight is 230 g/mol. The Balaban J connectivity index is 2.81. The molecule has 0 saturated carbocycles. The summed E-state index contributed by atoms with van der Waals surface area (Å²) in [5.74, 6) is -0.376. The van der Waals surface area contributed by atoms with Gasteiger partial charge in [-0.25, -0.2) is 0 Å². The molecule has 74 valence electrons. The van der Waals surface area contributed by atoms with E-state index in [1.54, 1.807) is 24.3 Å². The zero-order chi connectivity index (χ0) is 10.6. The van der Waals surface area contributed by atoms with Gasteiger partial charge in [-0.05, 0) is 11.6 Å².